The second-order valence-corrected chi connectivity index (χ2v) is 7.68. The lowest BCUT2D eigenvalue weighted by molar-refractivity contribution is -0.128. The van der Waals surface area contributed by atoms with Crippen LogP contribution in [-0.4, -0.2) is 33.0 Å². The third-order valence-corrected chi connectivity index (χ3v) is 5.24. The highest BCUT2D eigenvalue weighted by atomic mass is 19.1. The van der Waals surface area contributed by atoms with Gasteiger partial charge < -0.3 is 10.2 Å². The minimum absolute atomic E-state index is 0.0979. The van der Waals surface area contributed by atoms with Gasteiger partial charge in [-0.3, -0.25) is 9.59 Å². The highest BCUT2D eigenvalue weighted by molar-refractivity contribution is 5.97. The first kappa shape index (κ1) is 19.8. The standard InChI is InChI=1S/C23H23FN4O2/c1-15-10-16(2)28(26-15)21-8-6-20(7-9-21)25-23(30)18-12-22(29)27(14-18)13-17-4-3-5-19(24)11-17/h3-11,18H,12-14H2,1-2H3,(H,25,30). The molecule has 154 valence electrons. The van der Waals surface area contributed by atoms with E-state index in [1.165, 1.54) is 12.1 Å². The summed E-state index contributed by atoms with van der Waals surface area (Å²) in [4.78, 5) is 26.6. The Kier molecular flexibility index (Phi) is 5.35. The van der Waals surface area contributed by atoms with Crippen molar-refractivity contribution in [3.63, 3.8) is 0 Å². The molecule has 1 aromatic heterocycles. The molecule has 2 heterocycles. The second-order valence-electron chi connectivity index (χ2n) is 7.68. The maximum Gasteiger partial charge on any atom is 0.229 e. The second kappa shape index (κ2) is 8.10. The number of carbonyl (C=O) groups is 2. The zero-order valence-electron chi connectivity index (χ0n) is 16.9. The van der Waals surface area contributed by atoms with Crippen molar-refractivity contribution in [2.75, 3.05) is 11.9 Å². The molecule has 1 N–H and O–H groups in total. The van der Waals surface area contributed by atoms with Gasteiger partial charge in [-0.05, 0) is 61.9 Å². The first-order valence-electron chi connectivity index (χ1n) is 9.86. The number of aryl methyl sites for hydroxylation is 2. The smallest absolute Gasteiger partial charge is 0.229 e. The molecule has 0 radical (unpaired) electrons. The van der Waals surface area contributed by atoms with Gasteiger partial charge in [0.25, 0.3) is 0 Å². The van der Waals surface area contributed by atoms with Crippen LogP contribution in [0.2, 0.25) is 0 Å². The number of anilines is 1. The number of amides is 2. The van der Waals surface area contributed by atoms with E-state index in [4.69, 9.17) is 0 Å². The van der Waals surface area contributed by atoms with E-state index in [2.05, 4.69) is 10.4 Å². The van der Waals surface area contributed by atoms with E-state index in [1.807, 2.05) is 48.9 Å². The fourth-order valence-corrected chi connectivity index (χ4v) is 3.78. The van der Waals surface area contributed by atoms with Crippen LogP contribution in [0.4, 0.5) is 10.1 Å². The minimum Gasteiger partial charge on any atom is -0.338 e. The summed E-state index contributed by atoms with van der Waals surface area (Å²) in [5.41, 5.74) is 4.27. The predicted molar refractivity (Wildman–Crippen MR) is 112 cm³/mol. The molecule has 1 aliphatic rings. The van der Waals surface area contributed by atoms with Crippen LogP contribution in [0.5, 0.6) is 0 Å². The number of hydrogen-bond acceptors (Lipinski definition) is 3. The van der Waals surface area contributed by atoms with Crippen molar-refractivity contribution in [2.45, 2.75) is 26.8 Å². The predicted octanol–water partition coefficient (Wildman–Crippen LogP) is 3.62. The number of benzene rings is 2. The van der Waals surface area contributed by atoms with Crippen LogP contribution < -0.4 is 5.32 Å². The van der Waals surface area contributed by atoms with Gasteiger partial charge in [0, 0.05) is 30.9 Å². The summed E-state index contributed by atoms with van der Waals surface area (Å²) < 4.78 is 15.2. The van der Waals surface area contributed by atoms with Gasteiger partial charge in [-0.1, -0.05) is 12.1 Å². The van der Waals surface area contributed by atoms with Gasteiger partial charge in [0.1, 0.15) is 5.82 Å². The average Bonchev–Trinajstić information content (AvgIpc) is 3.24. The summed E-state index contributed by atoms with van der Waals surface area (Å²) in [6.45, 7) is 4.56. The molecule has 4 rings (SSSR count). The quantitative estimate of drug-likeness (QED) is 0.704. The van der Waals surface area contributed by atoms with Crippen LogP contribution in [0.1, 0.15) is 23.4 Å². The molecule has 0 bridgehead atoms. The summed E-state index contributed by atoms with van der Waals surface area (Å²) in [5, 5.41) is 7.34. The summed E-state index contributed by atoms with van der Waals surface area (Å²) >= 11 is 0. The van der Waals surface area contributed by atoms with Crippen molar-refractivity contribution in [1.82, 2.24) is 14.7 Å². The minimum atomic E-state index is -0.429. The van der Waals surface area contributed by atoms with Crippen LogP contribution in [0.15, 0.2) is 54.6 Å². The van der Waals surface area contributed by atoms with Crippen molar-refractivity contribution < 1.29 is 14.0 Å². The van der Waals surface area contributed by atoms with Crippen LogP contribution in [0, 0.1) is 25.6 Å². The lowest BCUT2D eigenvalue weighted by Gasteiger charge is -2.17. The molecule has 0 spiro atoms. The number of nitrogens with zero attached hydrogens (tertiary/aromatic N) is 3. The highest BCUT2D eigenvalue weighted by Gasteiger charge is 2.34. The van der Waals surface area contributed by atoms with E-state index >= 15 is 0 Å². The Labute approximate surface area is 174 Å². The van der Waals surface area contributed by atoms with E-state index in [0.717, 1.165) is 17.1 Å². The molecular formula is C23H23FN4O2. The molecule has 2 amide bonds. The third kappa shape index (κ3) is 4.25. The number of aromatic nitrogens is 2. The lowest BCUT2D eigenvalue weighted by Crippen LogP contribution is -2.28. The van der Waals surface area contributed by atoms with E-state index in [9.17, 15) is 14.0 Å². The molecule has 0 aliphatic carbocycles. The number of hydrogen-bond donors (Lipinski definition) is 1. The average molecular weight is 406 g/mol. The number of halogens is 1. The number of carbonyl (C=O) groups excluding carboxylic acids is 2. The van der Waals surface area contributed by atoms with Crippen LogP contribution in [0.25, 0.3) is 5.69 Å². The molecule has 30 heavy (non-hydrogen) atoms. The van der Waals surface area contributed by atoms with E-state index < -0.39 is 5.92 Å². The van der Waals surface area contributed by atoms with Gasteiger partial charge in [-0.25, -0.2) is 9.07 Å². The molecule has 0 saturated carbocycles. The van der Waals surface area contributed by atoms with Crippen molar-refractivity contribution in [3.8, 4) is 5.69 Å². The van der Waals surface area contributed by atoms with Gasteiger partial charge in [0.05, 0.1) is 17.3 Å². The Morgan fingerprint density at radius 1 is 1.17 bits per heavy atom. The molecule has 1 aliphatic heterocycles. The highest BCUT2D eigenvalue weighted by Crippen LogP contribution is 2.23. The van der Waals surface area contributed by atoms with Crippen molar-refractivity contribution >= 4 is 17.5 Å². The number of nitrogens with one attached hydrogen (secondary N) is 1. The number of likely N-dealkylation sites (tertiary alicyclic amines) is 1. The summed E-state index contributed by atoms with van der Waals surface area (Å²) in [6, 6.07) is 15.6. The third-order valence-electron chi connectivity index (χ3n) is 5.24. The Balaban J connectivity index is 1.38. The Morgan fingerprint density at radius 3 is 2.60 bits per heavy atom. The van der Waals surface area contributed by atoms with Crippen LogP contribution >= 0.6 is 0 Å². The van der Waals surface area contributed by atoms with Gasteiger partial charge >= 0.3 is 0 Å². The molecule has 1 fully saturated rings. The Morgan fingerprint density at radius 2 is 1.93 bits per heavy atom. The lowest BCUT2D eigenvalue weighted by atomic mass is 10.1. The fourth-order valence-electron chi connectivity index (χ4n) is 3.78. The van der Waals surface area contributed by atoms with Gasteiger partial charge in [0.2, 0.25) is 11.8 Å². The normalized spacial score (nSPS) is 16.2. The van der Waals surface area contributed by atoms with Gasteiger partial charge in [-0.2, -0.15) is 5.10 Å². The first-order chi connectivity index (χ1) is 14.4. The summed E-state index contributed by atoms with van der Waals surface area (Å²) in [5.74, 6) is -1.05. The Hall–Kier alpha value is -3.48. The maximum atomic E-state index is 13.4. The SMILES string of the molecule is Cc1cc(C)n(-c2ccc(NC(=O)C3CC(=O)N(Cc4cccc(F)c4)C3)cc2)n1. The maximum absolute atomic E-state index is 13.4. The molecular weight excluding hydrogens is 383 g/mol. The summed E-state index contributed by atoms with van der Waals surface area (Å²) in [7, 11) is 0. The zero-order valence-corrected chi connectivity index (χ0v) is 16.9. The molecule has 1 unspecified atom stereocenters. The largest absolute Gasteiger partial charge is 0.338 e. The van der Waals surface area contributed by atoms with Gasteiger partial charge in [0.15, 0.2) is 0 Å². The molecule has 1 atom stereocenters. The van der Waals surface area contributed by atoms with Crippen molar-refractivity contribution in [3.05, 3.63) is 77.4 Å². The van der Waals surface area contributed by atoms with Crippen LogP contribution in [-0.2, 0) is 16.1 Å². The van der Waals surface area contributed by atoms with E-state index in [-0.39, 0.29) is 24.1 Å². The topological polar surface area (TPSA) is 67.2 Å². The molecule has 1 saturated heterocycles. The monoisotopic (exact) mass is 406 g/mol. The Bertz CT molecular complexity index is 1090. The number of rotatable bonds is 5. The van der Waals surface area contributed by atoms with E-state index in [0.29, 0.717) is 24.3 Å². The fraction of sp³-hybridized carbons (Fsp3) is 0.261. The van der Waals surface area contributed by atoms with Gasteiger partial charge in [-0.15, -0.1) is 0 Å². The zero-order chi connectivity index (χ0) is 21.3. The van der Waals surface area contributed by atoms with E-state index in [1.54, 1.807) is 17.0 Å². The van der Waals surface area contributed by atoms with Crippen molar-refractivity contribution in [1.29, 1.82) is 0 Å². The van der Waals surface area contributed by atoms with Crippen molar-refractivity contribution in [2.24, 2.45) is 5.92 Å². The van der Waals surface area contributed by atoms with Crippen LogP contribution in [0.3, 0.4) is 0 Å². The first-order valence-corrected chi connectivity index (χ1v) is 9.86. The molecule has 2 aromatic carbocycles. The molecule has 3 aromatic rings. The molecule has 6 nitrogen and oxygen atoms in total. The molecule has 7 heteroatoms. The summed E-state index contributed by atoms with van der Waals surface area (Å²) in [6.07, 6.45) is 0.158.